The van der Waals surface area contributed by atoms with Gasteiger partial charge >= 0.3 is 0 Å². The van der Waals surface area contributed by atoms with Crippen LogP contribution >= 0.6 is 11.3 Å². The number of anilines is 1. The highest BCUT2D eigenvalue weighted by atomic mass is 32.2. The Hall–Kier alpha value is -2.85. The van der Waals surface area contributed by atoms with Crippen molar-refractivity contribution in [3.8, 4) is 11.5 Å². The van der Waals surface area contributed by atoms with Gasteiger partial charge in [0.05, 0.1) is 20.0 Å². The monoisotopic (exact) mass is 475 g/mol. The zero-order valence-electron chi connectivity index (χ0n) is 18.0. The number of nitrogens with zero attached hydrogens (tertiary/aromatic N) is 3. The molecule has 1 amide bonds. The number of amides is 1. The van der Waals surface area contributed by atoms with Gasteiger partial charge in [-0.1, -0.05) is 41.7 Å². The third-order valence-electron chi connectivity index (χ3n) is 5.37. The summed E-state index contributed by atoms with van der Waals surface area (Å²) in [5.41, 5.74) is 1.43. The molecule has 0 unspecified atom stereocenters. The van der Waals surface area contributed by atoms with Crippen LogP contribution in [-0.4, -0.2) is 70.4 Å². The summed E-state index contributed by atoms with van der Waals surface area (Å²) in [6.07, 6.45) is 0. The van der Waals surface area contributed by atoms with E-state index >= 15 is 0 Å². The predicted octanol–water partition coefficient (Wildman–Crippen LogP) is 2.58. The van der Waals surface area contributed by atoms with Crippen LogP contribution in [0.15, 0.2) is 42.5 Å². The van der Waals surface area contributed by atoms with E-state index in [1.54, 1.807) is 43.4 Å². The molecule has 4 rings (SSSR count). The van der Waals surface area contributed by atoms with Crippen LogP contribution in [0.25, 0.3) is 10.2 Å². The predicted molar refractivity (Wildman–Crippen MR) is 125 cm³/mol. The number of carbonyl (C=O) groups is 1. The minimum absolute atomic E-state index is 0.130. The molecule has 0 aliphatic carbocycles. The van der Waals surface area contributed by atoms with E-state index in [0.717, 1.165) is 21.1 Å². The zero-order valence-corrected chi connectivity index (χ0v) is 19.6. The maximum Gasteiger partial charge on any atom is 0.237 e. The fraction of sp³-hybridized carbons (Fsp3) is 0.364. The van der Waals surface area contributed by atoms with Gasteiger partial charge in [-0.15, -0.1) is 0 Å². The van der Waals surface area contributed by atoms with Crippen molar-refractivity contribution in [3.05, 3.63) is 48.0 Å². The maximum atomic E-state index is 12.6. The number of benzene rings is 2. The minimum Gasteiger partial charge on any atom is -0.495 e. The molecule has 1 aliphatic rings. The lowest BCUT2D eigenvalue weighted by Crippen LogP contribution is -2.50. The molecule has 2 aromatic carbocycles. The number of hydrogen-bond acceptors (Lipinski definition) is 8. The number of methoxy groups -OCH3 is 2. The van der Waals surface area contributed by atoms with Crippen LogP contribution in [0, 0.1) is 0 Å². The highest BCUT2D eigenvalue weighted by Crippen LogP contribution is 2.40. The number of thiazole rings is 1. The summed E-state index contributed by atoms with van der Waals surface area (Å²) in [5, 5.41) is 0.826. The van der Waals surface area contributed by atoms with Crippen molar-refractivity contribution in [2.24, 2.45) is 0 Å². The Morgan fingerprint density at radius 1 is 1.00 bits per heavy atom. The Bertz CT molecular complexity index is 1160. The number of piperazine rings is 1. The SMILES string of the molecule is COc1ccc(OC)c2sc(N3CCN(C(=O)CS(=O)(=O)Cc4ccccc4)CC3)nc12. The fourth-order valence-corrected chi connectivity index (χ4v) is 6.20. The van der Waals surface area contributed by atoms with Gasteiger partial charge in [-0.2, -0.15) is 0 Å². The van der Waals surface area contributed by atoms with E-state index in [1.807, 2.05) is 18.2 Å². The second kappa shape index (κ2) is 9.33. The van der Waals surface area contributed by atoms with Crippen LogP contribution in [0.2, 0.25) is 0 Å². The molecular formula is C22H25N3O5S2. The average Bonchev–Trinajstić information content (AvgIpc) is 3.24. The average molecular weight is 476 g/mol. The number of rotatable bonds is 7. The van der Waals surface area contributed by atoms with Crippen molar-refractivity contribution < 1.29 is 22.7 Å². The first-order chi connectivity index (χ1) is 15.4. The zero-order chi connectivity index (χ0) is 22.7. The van der Waals surface area contributed by atoms with Gasteiger partial charge in [-0.25, -0.2) is 13.4 Å². The van der Waals surface area contributed by atoms with Crippen LogP contribution in [0.3, 0.4) is 0 Å². The van der Waals surface area contributed by atoms with Crippen molar-refractivity contribution >= 4 is 42.4 Å². The van der Waals surface area contributed by atoms with Gasteiger partial charge in [0.25, 0.3) is 0 Å². The molecule has 1 aromatic heterocycles. The largest absolute Gasteiger partial charge is 0.495 e. The second-order valence-electron chi connectivity index (χ2n) is 7.53. The van der Waals surface area contributed by atoms with Gasteiger partial charge in [0.2, 0.25) is 5.91 Å². The first-order valence-corrected chi connectivity index (χ1v) is 12.8. The van der Waals surface area contributed by atoms with Gasteiger partial charge in [0, 0.05) is 26.2 Å². The first-order valence-electron chi connectivity index (χ1n) is 10.2. The molecule has 2 heterocycles. The molecule has 1 aliphatic heterocycles. The third-order valence-corrected chi connectivity index (χ3v) is 7.97. The molecule has 0 radical (unpaired) electrons. The number of carbonyl (C=O) groups excluding carboxylic acids is 1. The lowest BCUT2D eigenvalue weighted by Gasteiger charge is -2.34. The Kier molecular flexibility index (Phi) is 6.52. The molecule has 0 spiro atoms. The van der Waals surface area contributed by atoms with Gasteiger partial charge in [-0.3, -0.25) is 4.79 Å². The highest BCUT2D eigenvalue weighted by Gasteiger charge is 2.27. The summed E-state index contributed by atoms with van der Waals surface area (Å²) in [4.78, 5) is 21.1. The van der Waals surface area contributed by atoms with Gasteiger partial charge in [-0.05, 0) is 17.7 Å². The van der Waals surface area contributed by atoms with Crippen LogP contribution < -0.4 is 14.4 Å². The van der Waals surface area contributed by atoms with E-state index in [2.05, 4.69) is 4.90 Å². The number of aromatic nitrogens is 1. The smallest absolute Gasteiger partial charge is 0.237 e. The maximum absolute atomic E-state index is 12.6. The molecule has 3 aromatic rings. The fourth-order valence-electron chi connectivity index (χ4n) is 3.72. The van der Waals surface area contributed by atoms with Crippen molar-refractivity contribution in [3.63, 3.8) is 0 Å². The molecule has 1 saturated heterocycles. The first kappa shape index (κ1) is 22.3. The summed E-state index contributed by atoms with van der Waals surface area (Å²) in [6.45, 7) is 2.05. The van der Waals surface area contributed by atoms with Gasteiger partial charge < -0.3 is 19.3 Å². The van der Waals surface area contributed by atoms with E-state index < -0.39 is 15.6 Å². The number of fused-ring (bicyclic) bond motifs is 1. The van der Waals surface area contributed by atoms with Crippen LogP contribution in [-0.2, 0) is 20.4 Å². The van der Waals surface area contributed by atoms with Crippen LogP contribution in [0.4, 0.5) is 5.13 Å². The molecule has 8 nitrogen and oxygen atoms in total. The summed E-state index contributed by atoms with van der Waals surface area (Å²) in [6, 6.07) is 12.6. The normalized spacial score (nSPS) is 14.6. The Morgan fingerprint density at radius 3 is 2.31 bits per heavy atom. The third kappa shape index (κ3) is 4.81. The van der Waals surface area contributed by atoms with Crippen molar-refractivity contribution in [1.82, 2.24) is 9.88 Å². The summed E-state index contributed by atoms with van der Waals surface area (Å²) in [7, 11) is -0.295. The minimum atomic E-state index is -3.52. The lowest BCUT2D eigenvalue weighted by atomic mass is 10.2. The Morgan fingerprint density at radius 2 is 1.66 bits per heavy atom. The van der Waals surface area contributed by atoms with Crippen molar-refractivity contribution in [2.75, 3.05) is 51.1 Å². The molecule has 32 heavy (non-hydrogen) atoms. The second-order valence-corrected chi connectivity index (χ2v) is 10.6. The van der Waals surface area contributed by atoms with E-state index in [0.29, 0.717) is 37.5 Å². The van der Waals surface area contributed by atoms with Crippen molar-refractivity contribution in [2.45, 2.75) is 5.75 Å². The lowest BCUT2D eigenvalue weighted by molar-refractivity contribution is -0.128. The molecular weight excluding hydrogens is 450 g/mol. The molecule has 10 heteroatoms. The molecule has 0 saturated carbocycles. The molecule has 0 bridgehead atoms. The van der Waals surface area contributed by atoms with Crippen LogP contribution in [0.1, 0.15) is 5.56 Å². The quantitative estimate of drug-likeness (QED) is 0.519. The molecule has 0 N–H and O–H groups in total. The highest BCUT2D eigenvalue weighted by molar-refractivity contribution is 7.91. The number of hydrogen-bond donors (Lipinski definition) is 0. The summed E-state index contributed by atoms with van der Waals surface area (Å²) >= 11 is 1.52. The molecule has 1 fully saturated rings. The number of sulfone groups is 1. The molecule has 170 valence electrons. The Labute approximate surface area is 191 Å². The standard InChI is InChI=1S/C22H25N3O5S2/c1-29-17-8-9-18(30-2)21-20(17)23-22(31-21)25-12-10-24(11-13-25)19(26)15-32(27,28)14-16-6-4-3-5-7-16/h3-9H,10-15H2,1-2H3. The van der Waals surface area contributed by atoms with Gasteiger partial charge in [0.1, 0.15) is 27.5 Å². The Balaban J connectivity index is 1.40. The molecule has 0 atom stereocenters. The summed E-state index contributed by atoms with van der Waals surface area (Å²) < 4.78 is 36.7. The van der Waals surface area contributed by atoms with E-state index in [4.69, 9.17) is 14.5 Å². The van der Waals surface area contributed by atoms with Crippen molar-refractivity contribution in [1.29, 1.82) is 0 Å². The number of ether oxygens (including phenoxy) is 2. The van der Waals surface area contributed by atoms with E-state index in [9.17, 15) is 13.2 Å². The topological polar surface area (TPSA) is 89.0 Å². The van der Waals surface area contributed by atoms with E-state index in [1.165, 1.54) is 11.3 Å². The van der Waals surface area contributed by atoms with E-state index in [-0.39, 0.29) is 11.7 Å². The van der Waals surface area contributed by atoms with Gasteiger partial charge in [0.15, 0.2) is 15.0 Å². The van der Waals surface area contributed by atoms with Crippen LogP contribution in [0.5, 0.6) is 11.5 Å². The summed E-state index contributed by atoms with van der Waals surface area (Å²) in [5.74, 6) is 0.461.